The van der Waals surface area contributed by atoms with Crippen LogP contribution in [0.2, 0.25) is 0 Å². The lowest BCUT2D eigenvalue weighted by Crippen LogP contribution is -2.37. The zero-order chi connectivity index (χ0) is 22.5. The van der Waals surface area contributed by atoms with Gasteiger partial charge in [0, 0.05) is 10.9 Å². The van der Waals surface area contributed by atoms with Crippen molar-refractivity contribution in [3.8, 4) is 11.5 Å². The topological polar surface area (TPSA) is 80.2 Å². The molecule has 32 heavy (non-hydrogen) atoms. The number of ether oxygens (including phenoxy) is 2. The third kappa shape index (κ3) is 4.27. The zero-order valence-corrected chi connectivity index (χ0v) is 18.1. The molecule has 0 bridgehead atoms. The minimum Gasteiger partial charge on any atom is -0.490 e. The first-order valence-corrected chi connectivity index (χ1v) is 10.7. The molecule has 0 radical (unpaired) electrons. The molecule has 0 aromatic heterocycles. The Balaban J connectivity index is 1.42. The van der Waals surface area contributed by atoms with Crippen LogP contribution in [0.5, 0.6) is 11.5 Å². The quantitative estimate of drug-likeness (QED) is 0.408. The van der Waals surface area contributed by atoms with Crippen molar-refractivity contribution in [1.82, 2.24) is 5.43 Å². The Bertz CT molecular complexity index is 1180. The molecule has 4 rings (SSSR count). The molecule has 7 nitrogen and oxygen atoms in total. The van der Waals surface area contributed by atoms with Crippen LogP contribution < -0.4 is 19.8 Å². The SMILES string of the molecule is CCCOc1ccc(/C=N/NC(=O)CN2C(=O)c3cccc4cccc2c34)cc1OCC. The Kier molecular flexibility index (Phi) is 6.35. The van der Waals surface area contributed by atoms with Crippen molar-refractivity contribution in [3.05, 3.63) is 65.7 Å². The summed E-state index contributed by atoms with van der Waals surface area (Å²) in [6.45, 7) is 4.95. The summed E-state index contributed by atoms with van der Waals surface area (Å²) in [6.07, 6.45) is 2.44. The van der Waals surface area contributed by atoms with Gasteiger partial charge in [0.1, 0.15) is 6.54 Å². The summed E-state index contributed by atoms with van der Waals surface area (Å²) in [7, 11) is 0. The number of amides is 2. The molecule has 0 spiro atoms. The Morgan fingerprint density at radius 3 is 2.66 bits per heavy atom. The average Bonchev–Trinajstić information content (AvgIpc) is 3.07. The van der Waals surface area contributed by atoms with Gasteiger partial charge >= 0.3 is 0 Å². The third-order valence-corrected chi connectivity index (χ3v) is 5.08. The van der Waals surface area contributed by atoms with Gasteiger partial charge in [0.15, 0.2) is 11.5 Å². The van der Waals surface area contributed by atoms with E-state index in [0.29, 0.717) is 30.3 Å². The first kappa shape index (κ1) is 21.4. The molecule has 3 aromatic carbocycles. The van der Waals surface area contributed by atoms with Crippen LogP contribution in [0.1, 0.15) is 36.2 Å². The maximum atomic E-state index is 12.8. The summed E-state index contributed by atoms with van der Waals surface area (Å²) >= 11 is 0. The van der Waals surface area contributed by atoms with E-state index in [1.54, 1.807) is 6.07 Å². The van der Waals surface area contributed by atoms with Gasteiger partial charge in [-0.2, -0.15) is 5.10 Å². The highest BCUT2D eigenvalue weighted by molar-refractivity contribution is 6.26. The van der Waals surface area contributed by atoms with E-state index in [2.05, 4.69) is 10.5 Å². The van der Waals surface area contributed by atoms with E-state index in [1.807, 2.05) is 62.4 Å². The molecule has 1 N–H and O–H groups in total. The molecule has 1 heterocycles. The van der Waals surface area contributed by atoms with Crippen LogP contribution in [-0.4, -0.2) is 37.8 Å². The minimum absolute atomic E-state index is 0.113. The predicted octanol–water partition coefficient (Wildman–Crippen LogP) is 4.14. The zero-order valence-electron chi connectivity index (χ0n) is 18.1. The number of anilines is 1. The van der Waals surface area contributed by atoms with Gasteiger partial charge in [-0.1, -0.05) is 31.2 Å². The number of nitrogens with one attached hydrogen (secondary N) is 1. The van der Waals surface area contributed by atoms with E-state index in [1.165, 1.54) is 11.1 Å². The van der Waals surface area contributed by atoms with E-state index in [0.717, 1.165) is 28.4 Å². The lowest BCUT2D eigenvalue weighted by atomic mass is 10.1. The van der Waals surface area contributed by atoms with Gasteiger partial charge in [0.25, 0.3) is 11.8 Å². The molecule has 1 aliphatic rings. The number of hydrazone groups is 1. The van der Waals surface area contributed by atoms with Crippen molar-refractivity contribution in [2.75, 3.05) is 24.7 Å². The normalized spacial score (nSPS) is 12.6. The summed E-state index contributed by atoms with van der Waals surface area (Å²) in [5.41, 5.74) is 4.61. The Morgan fingerprint density at radius 2 is 1.88 bits per heavy atom. The van der Waals surface area contributed by atoms with Crippen LogP contribution in [0.15, 0.2) is 59.7 Å². The molecule has 7 heteroatoms. The summed E-state index contributed by atoms with van der Waals surface area (Å²) in [6, 6.07) is 16.8. The van der Waals surface area contributed by atoms with Crippen molar-refractivity contribution in [2.45, 2.75) is 20.3 Å². The first-order chi connectivity index (χ1) is 15.6. The predicted molar refractivity (Wildman–Crippen MR) is 125 cm³/mol. The maximum Gasteiger partial charge on any atom is 0.260 e. The third-order valence-electron chi connectivity index (χ3n) is 5.08. The molecule has 0 unspecified atom stereocenters. The maximum absolute atomic E-state index is 12.8. The summed E-state index contributed by atoms with van der Waals surface area (Å²) < 4.78 is 11.3. The summed E-state index contributed by atoms with van der Waals surface area (Å²) in [5.74, 6) is 0.744. The molecule has 0 saturated heterocycles. The Labute approximate surface area is 186 Å². The fourth-order valence-electron chi connectivity index (χ4n) is 3.70. The van der Waals surface area contributed by atoms with E-state index < -0.39 is 0 Å². The van der Waals surface area contributed by atoms with Crippen LogP contribution >= 0.6 is 0 Å². The average molecular weight is 431 g/mol. The monoisotopic (exact) mass is 431 g/mol. The van der Waals surface area contributed by atoms with Crippen molar-refractivity contribution >= 4 is 34.5 Å². The van der Waals surface area contributed by atoms with Gasteiger partial charge in [-0.15, -0.1) is 0 Å². The number of benzene rings is 3. The smallest absolute Gasteiger partial charge is 0.260 e. The number of carbonyl (C=O) groups excluding carboxylic acids is 2. The number of hydrogen-bond acceptors (Lipinski definition) is 5. The van der Waals surface area contributed by atoms with E-state index >= 15 is 0 Å². The Hall–Kier alpha value is -3.87. The highest BCUT2D eigenvalue weighted by Crippen LogP contribution is 2.36. The molecule has 0 aliphatic carbocycles. The van der Waals surface area contributed by atoms with Crippen LogP contribution in [-0.2, 0) is 4.79 Å². The summed E-state index contributed by atoms with van der Waals surface area (Å²) in [5, 5.41) is 5.90. The second-order valence-corrected chi connectivity index (χ2v) is 7.35. The summed E-state index contributed by atoms with van der Waals surface area (Å²) in [4.78, 5) is 26.8. The van der Waals surface area contributed by atoms with Gasteiger partial charge in [-0.05, 0) is 54.6 Å². The molecule has 0 atom stereocenters. The first-order valence-electron chi connectivity index (χ1n) is 10.7. The Morgan fingerprint density at radius 1 is 1.06 bits per heavy atom. The fourth-order valence-corrected chi connectivity index (χ4v) is 3.70. The molecule has 3 aromatic rings. The van der Waals surface area contributed by atoms with Crippen molar-refractivity contribution < 1.29 is 19.1 Å². The second kappa shape index (κ2) is 9.51. The molecule has 2 amide bonds. The molecular weight excluding hydrogens is 406 g/mol. The molecule has 1 aliphatic heterocycles. The van der Waals surface area contributed by atoms with Crippen LogP contribution in [0, 0.1) is 0 Å². The highest BCUT2D eigenvalue weighted by atomic mass is 16.5. The molecule has 0 saturated carbocycles. The van der Waals surface area contributed by atoms with Gasteiger partial charge in [-0.25, -0.2) is 5.43 Å². The van der Waals surface area contributed by atoms with E-state index in [-0.39, 0.29) is 18.4 Å². The lowest BCUT2D eigenvalue weighted by Gasteiger charge is -2.16. The van der Waals surface area contributed by atoms with Gasteiger partial charge < -0.3 is 9.47 Å². The molecule has 0 fully saturated rings. The molecule has 164 valence electrons. The van der Waals surface area contributed by atoms with Crippen LogP contribution in [0.3, 0.4) is 0 Å². The number of nitrogens with zero attached hydrogens (tertiary/aromatic N) is 2. The molecular formula is C25H25N3O4. The van der Waals surface area contributed by atoms with Gasteiger partial charge in [-0.3, -0.25) is 14.5 Å². The number of rotatable bonds is 9. The largest absolute Gasteiger partial charge is 0.490 e. The fraction of sp³-hybridized carbons (Fsp3) is 0.240. The standard InChI is InChI=1S/C25H25N3O4/c1-3-13-32-21-12-11-17(14-22(21)31-4-2)15-26-27-23(29)16-28-20-10-6-8-18-7-5-9-19(24(18)20)25(28)30/h5-12,14-15H,3-4,13,16H2,1-2H3,(H,27,29)/b26-15+. The van der Waals surface area contributed by atoms with Crippen molar-refractivity contribution in [2.24, 2.45) is 5.10 Å². The van der Waals surface area contributed by atoms with Crippen molar-refractivity contribution in [1.29, 1.82) is 0 Å². The van der Waals surface area contributed by atoms with E-state index in [4.69, 9.17) is 9.47 Å². The number of hydrogen-bond donors (Lipinski definition) is 1. The van der Waals surface area contributed by atoms with Gasteiger partial charge in [0.2, 0.25) is 0 Å². The number of carbonyl (C=O) groups is 2. The minimum atomic E-state index is -0.382. The highest BCUT2D eigenvalue weighted by Gasteiger charge is 2.30. The second-order valence-electron chi connectivity index (χ2n) is 7.35. The van der Waals surface area contributed by atoms with E-state index in [9.17, 15) is 9.59 Å². The van der Waals surface area contributed by atoms with Gasteiger partial charge in [0.05, 0.1) is 25.1 Å². The van der Waals surface area contributed by atoms with Crippen molar-refractivity contribution in [3.63, 3.8) is 0 Å². The lowest BCUT2D eigenvalue weighted by molar-refractivity contribution is -0.119. The van der Waals surface area contributed by atoms with Crippen LogP contribution in [0.4, 0.5) is 5.69 Å². The van der Waals surface area contributed by atoms with Crippen LogP contribution in [0.25, 0.3) is 10.8 Å².